The number of unbranched alkanes of at least 4 members (excludes halogenated alkanes) is 15. The lowest BCUT2D eigenvalue weighted by Gasteiger charge is -2.18. The molecule has 336 valence electrons. The van der Waals surface area contributed by atoms with E-state index in [-0.39, 0.29) is 37.5 Å². The number of allylic oxidation sites excluding steroid dienone is 20. The lowest BCUT2D eigenvalue weighted by Crippen LogP contribution is -2.30. The predicted molar refractivity (Wildman–Crippen MR) is 256 cm³/mol. The normalized spacial score (nSPS) is 13.2. The van der Waals surface area contributed by atoms with Crippen LogP contribution in [-0.4, -0.2) is 37.2 Å². The van der Waals surface area contributed by atoms with Crippen molar-refractivity contribution in [3.05, 3.63) is 122 Å². The molecular formula is C54H84O6. The lowest BCUT2D eigenvalue weighted by atomic mass is 10.1. The van der Waals surface area contributed by atoms with Gasteiger partial charge in [0.2, 0.25) is 0 Å². The molecule has 0 heterocycles. The second kappa shape index (κ2) is 47.5. The van der Waals surface area contributed by atoms with Crippen LogP contribution in [0.15, 0.2) is 122 Å². The Kier molecular flexibility index (Phi) is 44.2. The summed E-state index contributed by atoms with van der Waals surface area (Å²) in [5, 5.41) is 0. The molecule has 1 unspecified atom stereocenters. The van der Waals surface area contributed by atoms with Gasteiger partial charge in [0.25, 0.3) is 0 Å². The van der Waals surface area contributed by atoms with Crippen LogP contribution in [0.2, 0.25) is 0 Å². The van der Waals surface area contributed by atoms with Gasteiger partial charge in [-0.3, -0.25) is 14.4 Å². The average Bonchev–Trinajstić information content (AvgIpc) is 3.24. The third kappa shape index (κ3) is 44.9. The SMILES string of the molecule is CC\C=C/C=C\C=C/C=C\C=C\C=C/C=C\CCCCCC(=O)OCC(COC(=O)CCCCCCCCCCCCC)OC(=O)CCCC/C=C\C/C=C\C/C=C\CC. The van der Waals surface area contributed by atoms with Crippen LogP contribution in [0, 0.1) is 0 Å². The molecule has 0 rings (SSSR count). The molecule has 0 aromatic carbocycles. The summed E-state index contributed by atoms with van der Waals surface area (Å²) in [6.45, 7) is 6.26. The second-order valence-electron chi connectivity index (χ2n) is 15.1. The summed E-state index contributed by atoms with van der Waals surface area (Å²) in [4.78, 5) is 37.8. The van der Waals surface area contributed by atoms with E-state index >= 15 is 0 Å². The predicted octanol–water partition coefficient (Wildman–Crippen LogP) is 15.4. The van der Waals surface area contributed by atoms with Gasteiger partial charge in [0.1, 0.15) is 13.2 Å². The first-order valence-electron chi connectivity index (χ1n) is 23.6. The van der Waals surface area contributed by atoms with Gasteiger partial charge in [-0.15, -0.1) is 0 Å². The van der Waals surface area contributed by atoms with Gasteiger partial charge in [-0.2, -0.15) is 0 Å². The summed E-state index contributed by atoms with van der Waals surface area (Å²) in [6, 6.07) is 0. The molecule has 6 heteroatoms. The third-order valence-corrected chi connectivity index (χ3v) is 9.41. The molecule has 0 fully saturated rings. The van der Waals surface area contributed by atoms with Crippen LogP contribution in [0.3, 0.4) is 0 Å². The molecule has 0 spiro atoms. The smallest absolute Gasteiger partial charge is 0.306 e. The first-order chi connectivity index (χ1) is 29.5. The highest BCUT2D eigenvalue weighted by molar-refractivity contribution is 5.71. The molecular weight excluding hydrogens is 745 g/mol. The molecule has 0 N–H and O–H groups in total. The molecule has 0 amide bonds. The highest BCUT2D eigenvalue weighted by Gasteiger charge is 2.19. The van der Waals surface area contributed by atoms with Crippen molar-refractivity contribution >= 4 is 17.9 Å². The molecule has 6 nitrogen and oxygen atoms in total. The minimum Gasteiger partial charge on any atom is -0.462 e. The molecule has 0 saturated heterocycles. The Hall–Kier alpha value is -4.19. The van der Waals surface area contributed by atoms with Gasteiger partial charge in [-0.1, -0.05) is 213 Å². The van der Waals surface area contributed by atoms with Gasteiger partial charge in [0, 0.05) is 19.3 Å². The zero-order valence-corrected chi connectivity index (χ0v) is 38.2. The molecule has 60 heavy (non-hydrogen) atoms. The Balaban J connectivity index is 4.54. The average molecular weight is 829 g/mol. The van der Waals surface area contributed by atoms with E-state index in [9.17, 15) is 14.4 Å². The summed E-state index contributed by atoms with van der Waals surface area (Å²) in [7, 11) is 0. The Morgan fingerprint density at radius 3 is 1.25 bits per heavy atom. The van der Waals surface area contributed by atoms with Crippen LogP contribution in [0.25, 0.3) is 0 Å². The molecule has 0 aromatic rings. The zero-order chi connectivity index (χ0) is 43.7. The largest absolute Gasteiger partial charge is 0.462 e. The van der Waals surface area contributed by atoms with E-state index in [1.54, 1.807) is 0 Å². The Bertz CT molecular complexity index is 1320. The van der Waals surface area contributed by atoms with E-state index < -0.39 is 6.10 Å². The van der Waals surface area contributed by atoms with Crippen molar-refractivity contribution in [3.8, 4) is 0 Å². The van der Waals surface area contributed by atoms with Crippen LogP contribution >= 0.6 is 0 Å². The van der Waals surface area contributed by atoms with Crippen LogP contribution in [0.4, 0.5) is 0 Å². The van der Waals surface area contributed by atoms with Crippen LogP contribution in [-0.2, 0) is 28.6 Å². The Morgan fingerprint density at radius 2 is 0.733 bits per heavy atom. The van der Waals surface area contributed by atoms with Crippen LogP contribution < -0.4 is 0 Å². The van der Waals surface area contributed by atoms with Crippen molar-refractivity contribution in [3.63, 3.8) is 0 Å². The van der Waals surface area contributed by atoms with E-state index in [2.05, 4.69) is 69.4 Å². The van der Waals surface area contributed by atoms with Crippen molar-refractivity contribution < 1.29 is 28.6 Å². The fraction of sp³-hybridized carbons (Fsp3) is 0.574. The van der Waals surface area contributed by atoms with Crippen molar-refractivity contribution in [2.75, 3.05) is 13.2 Å². The van der Waals surface area contributed by atoms with Crippen molar-refractivity contribution in [2.45, 2.75) is 187 Å². The van der Waals surface area contributed by atoms with Crippen LogP contribution in [0.5, 0.6) is 0 Å². The summed E-state index contributed by atoms with van der Waals surface area (Å²) < 4.78 is 16.6. The van der Waals surface area contributed by atoms with Gasteiger partial charge in [-0.05, 0) is 70.6 Å². The van der Waals surface area contributed by atoms with Gasteiger partial charge in [0.15, 0.2) is 6.10 Å². The molecule has 0 aliphatic rings. The molecule has 1 atom stereocenters. The first-order valence-corrected chi connectivity index (χ1v) is 23.6. The second-order valence-corrected chi connectivity index (χ2v) is 15.1. The summed E-state index contributed by atoms with van der Waals surface area (Å²) >= 11 is 0. The van der Waals surface area contributed by atoms with Crippen LogP contribution in [0.1, 0.15) is 181 Å². The van der Waals surface area contributed by atoms with E-state index in [0.29, 0.717) is 19.3 Å². The zero-order valence-electron chi connectivity index (χ0n) is 38.2. The number of esters is 3. The molecule has 0 aromatic heterocycles. The third-order valence-electron chi connectivity index (χ3n) is 9.41. The van der Waals surface area contributed by atoms with Gasteiger partial charge in [-0.25, -0.2) is 0 Å². The standard InChI is InChI=1S/C54H84O6/c1-4-7-10-13-16-19-22-24-25-26-27-28-29-30-33-35-38-41-44-47-53(56)59-50-51(49-58-52(55)46-43-40-37-34-31-21-18-15-12-9-6-3)60-54(57)48-45-42-39-36-32-23-20-17-14-11-8-5-2/h7-8,10-11,13,16-17,19-20,22,24-30,32-33,36,51H,4-6,9,12,14-15,18,21,23,31,34-35,37-50H2,1-3H3/b10-7-,11-8-,16-13-,20-17-,22-19-,25-24-,27-26+,29-28-,33-30-,36-32-. The highest BCUT2D eigenvalue weighted by atomic mass is 16.6. The van der Waals surface area contributed by atoms with Crippen molar-refractivity contribution in [2.24, 2.45) is 0 Å². The Labute approximate surface area is 367 Å². The summed E-state index contributed by atoms with van der Waals surface area (Å²) in [6.07, 6.45) is 64.6. The number of ether oxygens (including phenoxy) is 3. The minimum absolute atomic E-state index is 0.111. The topological polar surface area (TPSA) is 78.9 Å². The van der Waals surface area contributed by atoms with E-state index in [1.807, 2.05) is 72.9 Å². The van der Waals surface area contributed by atoms with E-state index in [1.165, 1.54) is 51.4 Å². The lowest BCUT2D eigenvalue weighted by molar-refractivity contribution is -0.167. The minimum atomic E-state index is -0.817. The maximum absolute atomic E-state index is 12.7. The monoisotopic (exact) mass is 829 g/mol. The summed E-state index contributed by atoms with van der Waals surface area (Å²) in [5.41, 5.74) is 0. The molecule has 0 radical (unpaired) electrons. The molecule has 0 saturated carbocycles. The van der Waals surface area contributed by atoms with E-state index in [0.717, 1.165) is 83.5 Å². The Morgan fingerprint density at radius 1 is 0.367 bits per heavy atom. The highest BCUT2D eigenvalue weighted by Crippen LogP contribution is 2.13. The quantitative estimate of drug-likeness (QED) is 0.0201. The maximum Gasteiger partial charge on any atom is 0.306 e. The molecule has 0 bridgehead atoms. The van der Waals surface area contributed by atoms with E-state index in [4.69, 9.17) is 14.2 Å². The number of carbonyl (C=O) groups is 3. The van der Waals surface area contributed by atoms with Crippen molar-refractivity contribution in [1.82, 2.24) is 0 Å². The number of carbonyl (C=O) groups excluding carboxylic acids is 3. The summed E-state index contributed by atoms with van der Waals surface area (Å²) in [5.74, 6) is -1.01. The number of hydrogen-bond donors (Lipinski definition) is 0. The fourth-order valence-electron chi connectivity index (χ4n) is 5.91. The molecule has 0 aliphatic carbocycles. The van der Waals surface area contributed by atoms with Gasteiger partial charge >= 0.3 is 17.9 Å². The number of hydrogen-bond acceptors (Lipinski definition) is 6. The molecule has 0 aliphatic heterocycles. The first kappa shape index (κ1) is 55.8. The number of rotatable bonds is 40. The van der Waals surface area contributed by atoms with Gasteiger partial charge < -0.3 is 14.2 Å². The van der Waals surface area contributed by atoms with Crippen molar-refractivity contribution in [1.29, 1.82) is 0 Å². The van der Waals surface area contributed by atoms with Gasteiger partial charge in [0.05, 0.1) is 0 Å². The fourth-order valence-corrected chi connectivity index (χ4v) is 5.91. The maximum atomic E-state index is 12.7.